The van der Waals surface area contributed by atoms with E-state index < -0.39 is 0 Å². The smallest absolute Gasteiger partial charge is 0.161 e. The number of benzene rings is 1. The highest BCUT2D eigenvalue weighted by molar-refractivity contribution is 5.59. The van der Waals surface area contributed by atoms with Crippen LogP contribution in [-0.2, 0) is 11.3 Å². The minimum absolute atomic E-state index is 0.408. The fourth-order valence-corrected chi connectivity index (χ4v) is 1.81. The number of nitrogens with zero attached hydrogens (tertiary/aromatic N) is 2. The average Bonchev–Trinajstić information content (AvgIpc) is 2.45. The fraction of sp³-hybridized carbons (Fsp3) is 0.333. The Hall–Kier alpha value is -2.14. The molecule has 0 amide bonds. The summed E-state index contributed by atoms with van der Waals surface area (Å²) in [7, 11) is 1.62. The van der Waals surface area contributed by atoms with Gasteiger partial charge in [-0.2, -0.15) is 0 Å². The molecule has 0 atom stereocenters. The number of ether oxygens (including phenoxy) is 2. The van der Waals surface area contributed by atoms with Crippen LogP contribution >= 0.6 is 0 Å². The normalized spacial score (nSPS) is 10.5. The van der Waals surface area contributed by atoms with Gasteiger partial charge in [0.25, 0.3) is 0 Å². The molecule has 5 heteroatoms. The molecule has 106 valence electrons. The lowest BCUT2D eigenvalue weighted by Crippen LogP contribution is -2.01. The summed E-state index contributed by atoms with van der Waals surface area (Å²) < 4.78 is 10.7. The highest BCUT2D eigenvalue weighted by atomic mass is 16.5. The van der Waals surface area contributed by atoms with Crippen LogP contribution in [0.5, 0.6) is 5.75 Å². The fourth-order valence-electron chi connectivity index (χ4n) is 1.81. The van der Waals surface area contributed by atoms with E-state index in [0.717, 1.165) is 23.4 Å². The van der Waals surface area contributed by atoms with Crippen LogP contribution in [0.4, 0.5) is 5.82 Å². The first-order valence-electron chi connectivity index (χ1n) is 6.58. The summed E-state index contributed by atoms with van der Waals surface area (Å²) in [5, 5.41) is 0. The number of aromatic nitrogens is 2. The van der Waals surface area contributed by atoms with E-state index in [1.807, 2.05) is 24.3 Å². The molecule has 2 rings (SSSR count). The number of methoxy groups -OCH3 is 1. The molecule has 0 bridgehead atoms. The molecule has 1 heterocycles. The van der Waals surface area contributed by atoms with Crippen molar-refractivity contribution in [3.05, 3.63) is 36.0 Å². The summed E-state index contributed by atoms with van der Waals surface area (Å²) in [6.45, 7) is 3.17. The van der Waals surface area contributed by atoms with E-state index in [0.29, 0.717) is 24.9 Å². The van der Waals surface area contributed by atoms with Crippen molar-refractivity contribution in [2.75, 3.05) is 19.5 Å². The molecule has 0 aliphatic rings. The van der Waals surface area contributed by atoms with Gasteiger partial charge in [0.15, 0.2) is 5.82 Å². The van der Waals surface area contributed by atoms with Crippen molar-refractivity contribution >= 4 is 5.82 Å². The zero-order chi connectivity index (χ0) is 14.4. The van der Waals surface area contributed by atoms with Crippen LogP contribution in [0.1, 0.15) is 19.0 Å². The van der Waals surface area contributed by atoms with Gasteiger partial charge in [-0.15, -0.1) is 0 Å². The molecule has 2 aromatic rings. The molecular weight excluding hydrogens is 254 g/mol. The molecule has 0 saturated heterocycles. The Bertz CT molecular complexity index is 573. The summed E-state index contributed by atoms with van der Waals surface area (Å²) >= 11 is 0. The summed E-state index contributed by atoms with van der Waals surface area (Å²) in [4.78, 5) is 8.71. The maximum atomic E-state index is 5.81. The van der Waals surface area contributed by atoms with Gasteiger partial charge in [-0.25, -0.2) is 9.97 Å². The standard InChI is InChI=1S/C15H19N3O2/c1-3-7-20-13-6-4-5-11(8-13)15-17-12(10-19-2)9-14(16)18-15/h4-6,8-9H,3,7,10H2,1-2H3,(H2,16,17,18). The third-order valence-electron chi connectivity index (χ3n) is 2.66. The highest BCUT2D eigenvalue weighted by Crippen LogP contribution is 2.22. The summed E-state index contributed by atoms with van der Waals surface area (Å²) in [6.07, 6.45) is 0.969. The van der Waals surface area contributed by atoms with Crippen LogP contribution in [0.15, 0.2) is 30.3 Å². The number of rotatable bonds is 6. The Kier molecular flexibility index (Phi) is 4.90. The van der Waals surface area contributed by atoms with Crippen LogP contribution in [0.25, 0.3) is 11.4 Å². The van der Waals surface area contributed by atoms with Crippen molar-refractivity contribution in [2.24, 2.45) is 0 Å². The lowest BCUT2D eigenvalue weighted by Gasteiger charge is -2.08. The molecule has 1 aromatic heterocycles. The largest absolute Gasteiger partial charge is 0.494 e. The first-order valence-corrected chi connectivity index (χ1v) is 6.58. The predicted molar refractivity (Wildman–Crippen MR) is 78.4 cm³/mol. The minimum atomic E-state index is 0.408. The van der Waals surface area contributed by atoms with Crippen LogP contribution in [0.3, 0.4) is 0 Å². The molecule has 0 radical (unpaired) electrons. The number of hydrogen-bond donors (Lipinski definition) is 1. The Morgan fingerprint density at radius 3 is 2.80 bits per heavy atom. The summed E-state index contributed by atoms with van der Waals surface area (Å²) in [5.74, 6) is 1.82. The van der Waals surface area contributed by atoms with Gasteiger partial charge in [0, 0.05) is 18.7 Å². The summed E-state index contributed by atoms with van der Waals surface area (Å²) in [6, 6.07) is 9.40. The second kappa shape index (κ2) is 6.86. The number of nitrogen functional groups attached to an aromatic ring is 1. The van der Waals surface area contributed by atoms with Gasteiger partial charge in [-0.3, -0.25) is 0 Å². The first kappa shape index (κ1) is 14.3. The van der Waals surface area contributed by atoms with E-state index >= 15 is 0 Å². The third kappa shape index (κ3) is 3.68. The van der Waals surface area contributed by atoms with Gasteiger partial charge in [-0.05, 0) is 18.6 Å². The van der Waals surface area contributed by atoms with E-state index in [-0.39, 0.29) is 0 Å². The molecule has 5 nitrogen and oxygen atoms in total. The zero-order valence-electron chi connectivity index (χ0n) is 11.8. The van der Waals surface area contributed by atoms with Crippen molar-refractivity contribution in [1.82, 2.24) is 9.97 Å². The van der Waals surface area contributed by atoms with Crippen molar-refractivity contribution in [3.63, 3.8) is 0 Å². The van der Waals surface area contributed by atoms with Crippen molar-refractivity contribution in [3.8, 4) is 17.1 Å². The van der Waals surface area contributed by atoms with E-state index in [2.05, 4.69) is 16.9 Å². The molecule has 0 spiro atoms. The van der Waals surface area contributed by atoms with Crippen molar-refractivity contribution in [1.29, 1.82) is 0 Å². The predicted octanol–water partition coefficient (Wildman–Crippen LogP) is 2.66. The van der Waals surface area contributed by atoms with Gasteiger partial charge >= 0.3 is 0 Å². The number of hydrogen-bond acceptors (Lipinski definition) is 5. The molecule has 0 fully saturated rings. The Balaban J connectivity index is 2.30. The maximum absolute atomic E-state index is 5.81. The first-order chi connectivity index (χ1) is 9.72. The zero-order valence-corrected chi connectivity index (χ0v) is 11.8. The van der Waals surface area contributed by atoms with Gasteiger partial charge in [-0.1, -0.05) is 19.1 Å². The quantitative estimate of drug-likeness (QED) is 0.876. The lowest BCUT2D eigenvalue weighted by molar-refractivity contribution is 0.181. The Morgan fingerprint density at radius 1 is 1.20 bits per heavy atom. The summed E-state index contributed by atoms with van der Waals surface area (Å²) in [5.41, 5.74) is 7.44. The minimum Gasteiger partial charge on any atom is -0.494 e. The van der Waals surface area contributed by atoms with Crippen LogP contribution in [-0.4, -0.2) is 23.7 Å². The van der Waals surface area contributed by atoms with Gasteiger partial charge in [0.2, 0.25) is 0 Å². The van der Waals surface area contributed by atoms with Gasteiger partial charge in [0.05, 0.1) is 18.9 Å². The topological polar surface area (TPSA) is 70.3 Å². The molecule has 1 aromatic carbocycles. The lowest BCUT2D eigenvalue weighted by atomic mass is 10.2. The maximum Gasteiger partial charge on any atom is 0.161 e. The molecule has 20 heavy (non-hydrogen) atoms. The second-order valence-electron chi connectivity index (χ2n) is 4.42. The Labute approximate surface area is 118 Å². The van der Waals surface area contributed by atoms with Crippen molar-refractivity contribution in [2.45, 2.75) is 20.0 Å². The molecular formula is C15H19N3O2. The monoisotopic (exact) mass is 273 g/mol. The van der Waals surface area contributed by atoms with E-state index in [1.54, 1.807) is 13.2 Å². The molecule has 0 saturated carbocycles. The van der Waals surface area contributed by atoms with E-state index in [9.17, 15) is 0 Å². The van der Waals surface area contributed by atoms with Crippen molar-refractivity contribution < 1.29 is 9.47 Å². The van der Waals surface area contributed by atoms with Crippen LogP contribution in [0.2, 0.25) is 0 Å². The molecule has 2 N–H and O–H groups in total. The second-order valence-corrected chi connectivity index (χ2v) is 4.42. The van der Waals surface area contributed by atoms with Crippen LogP contribution < -0.4 is 10.5 Å². The number of anilines is 1. The Morgan fingerprint density at radius 2 is 2.05 bits per heavy atom. The van der Waals surface area contributed by atoms with E-state index in [1.165, 1.54) is 0 Å². The highest BCUT2D eigenvalue weighted by Gasteiger charge is 2.06. The molecule has 0 aliphatic heterocycles. The third-order valence-corrected chi connectivity index (χ3v) is 2.66. The number of nitrogens with two attached hydrogens (primary N) is 1. The SMILES string of the molecule is CCCOc1cccc(-c2nc(N)cc(COC)n2)c1. The molecule has 0 aliphatic carbocycles. The molecule has 0 unspecified atom stereocenters. The van der Waals surface area contributed by atoms with Crippen LogP contribution in [0, 0.1) is 0 Å². The van der Waals surface area contributed by atoms with Gasteiger partial charge < -0.3 is 15.2 Å². The van der Waals surface area contributed by atoms with E-state index in [4.69, 9.17) is 15.2 Å². The van der Waals surface area contributed by atoms with Gasteiger partial charge in [0.1, 0.15) is 11.6 Å². The average molecular weight is 273 g/mol.